The molecule has 0 saturated carbocycles. The predicted molar refractivity (Wildman–Crippen MR) is 96.4 cm³/mol. The standard InChI is InChI=1S/C20H26N2O4/c1-14(23)16-7-9-17(10-8-16)22-19(24)13-18(20(25)26)21-12-11-15-5-3-2-4-6-15/h5,7-10,18,21H,2-4,6,11-13H2,1H3,(H,22,24)(H,25,26)/t18-/m1/s1. The number of carboxylic acid groups (broad SMARTS) is 1. The van der Waals surface area contributed by atoms with Crippen molar-refractivity contribution in [1.29, 1.82) is 0 Å². The van der Waals surface area contributed by atoms with Gasteiger partial charge in [0, 0.05) is 17.7 Å². The summed E-state index contributed by atoms with van der Waals surface area (Å²) in [6.45, 7) is 2.10. The van der Waals surface area contributed by atoms with E-state index in [1.54, 1.807) is 29.6 Å². The van der Waals surface area contributed by atoms with E-state index in [-0.39, 0.29) is 18.1 Å². The number of quaternary nitrogens is 1. The van der Waals surface area contributed by atoms with Gasteiger partial charge < -0.3 is 20.5 Å². The summed E-state index contributed by atoms with van der Waals surface area (Å²) in [5.74, 6) is -1.67. The number of nitrogens with one attached hydrogen (secondary N) is 1. The molecule has 2 rings (SSSR count). The van der Waals surface area contributed by atoms with E-state index >= 15 is 0 Å². The van der Waals surface area contributed by atoms with Crippen LogP contribution in [0.2, 0.25) is 0 Å². The lowest BCUT2D eigenvalue weighted by molar-refractivity contribution is -0.682. The van der Waals surface area contributed by atoms with Gasteiger partial charge in [-0.3, -0.25) is 9.59 Å². The van der Waals surface area contributed by atoms with Crippen molar-refractivity contribution in [3.05, 3.63) is 41.5 Å². The Kier molecular flexibility index (Phi) is 7.53. The first kappa shape index (κ1) is 19.8. The van der Waals surface area contributed by atoms with Crippen LogP contribution in [-0.2, 0) is 9.59 Å². The van der Waals surface area contributed by atoms with Crippen molar-refractivity contribution >= 4 is 23.3 Å². The molecule has 0 saturated heterocycles. The zero-order valence-corrected chi connectivity index (χ0v) is 15.1. The summed E-state index contributed by atoms with van der Waals surface area (Å²) in [6.07, 6.45) is 7.53. The van der Waals surface area contributed by atoms with Crippen molar-refractivity contribution in [1.82, 2.24) is 0 Å². The SMILES string of the molecule is CC(=O)c1ccc(NC(=O)C[C@@H]([NH2+]CCC2=CCCCC2)C(=O)[O-])cc1. The zero-order chi connectivity index (χ0) is 18.9. The normalized spacial score (nSPS) is 15.0. The summed E-state index contributed by atoms with van der Waals surface area (Å²) in [4.78, 5) is 34.7. The van der Waals surface area contributed by atoms with Crippen LogP contribution in [0.4, 0.5) is 5.69 Å². The van der Waals surface area contributed by atoms with Gasteiger partial charge in [-0.2, -0.15) is 0 Å². The van der Waals surface area contributed by atoms with Crippen LogP contribution in [-0.4, -0.2) is 30.2 Å². The summed E-state index contributed by atoms with van der Waals surface area (Å²) in [5.41, 5.74) is 2.46. The third-order valence-corrected chi connectivity index (χ3v) is 4.58. The van der Waals surface area contributed by atoms with Gasteiger partial charge in [-0.1, -0.05) is 11.6 Å². The number of benzene rings is 1. The number of hydrogen-bond donors (Lipinski definition) is 2. The Bertz CT molecular complexity index is 680. The van der Waals surface area contributed by atoms with Gasteiger partial charge in [-0.05, 0) is 56.9 Å². The molecule has 3 N–H and O–H groups in total. The molecule has 0 bridgehead atoms. The maximum Gasteiger partial charge on any atom is 0.230 e. The molecule has 1 atom stereocenters. The highest BCUT2D eigenvalue weighted by Crippen LogP contribution is 2.19. The molecule has 1 aliphatic carbocycles. The molecule has 26 heavy (non-hydrogen) atoms. The van der Waals surface area contributed by atoms with E-state index in [9.17, 15) is 19.5 Å². The van der Waals surface area contributed by atoms with E-state index in [1.807, 2.05) is 0 Å². The fraction of sp³-hybridized carbons (Fsp3) is 0.450. The molecule has 6 nitrogen and oxygen atoms in total. The average molecular weight is 358 g/mol. The second kappa shape index (κ2) is 9.87. The Hall–Kier alpha value is -2.47. The highest BCUT2D eigenvalue weighted by molar-refractivity contribution is 5.96. The van der Waals surface area contributed by atoms with Crippen molar-refractivity contribution in [3.8, 4) is 0 Å². The lowest BCUT2D eigenvalue weighted by Gasteiger charge is -2.18. The van der Waals surface area contributed by atoms with Crippen molar-refractivity contribution in [2.45, 2.75) is 51.5 Å². The minimum atomic E-state index is -1.23. The van der Waals surface area contributed by atoms with E-state index in [0.29, 0.717) is 17.8 Å². The molecule has 0 heterocycles. The molecule has 0 spiro atoms. The lowest BCUT2D eigenvalue weighted by Crippen LogP contribution is -2.93. The molecule has 1 aromatic rings. The Morgan fingerprint density at radius 3 is 2.50 bits per heavy atom. The maximum atomic E-state index is 12.1. The molecule has 0 aliphatic heterocycles. The van der Waals surface area contributed by atoms with Crippen LogP contribution in [0.15, 0.2) is 35.9 Å². The number of hydrogen-bond acceptors (Lipinski definition) is 4. The number of carbonyl (C=O) groups is 3. The Morgan fingerprint density at radius 1 is 1.19 bits per heavy atom. The second-order valence-corrected chi connectivity index (χ2v) is 6.69. The summed E-state index contributed by atoms with van der Waals surface area (Å²) in [7, 11) is 0. The van der Waals surface area contributed by atoms with Gasteiger partial charge in [0.05, 0.1) is 18.9 Å². The fourth-order valence-corrected chi connectivity index (χ4v) is 3.06. The molecule has 140 valence electrons. The van der Waals surface area contributed by atoms with Crippen molar-refractivity contribution in [3.63, 3.8) is 0 Å². The van der Waals surface area contributed by atoms with Crippen molar-refractivity contribution in [2.75, 3.05) is 11.9 Å². The first-order valence-corrected chi connectivity index (χ1v) is 9.08. The number of rotatable bonds is 9. The third kappa shape index (κ3) is 6.44. The number of carboxylic acids is 1. The summed E-state index contributed by atoms with van der Waals surface area (Å²) < 4.78 is 0. The Balaban J connectivity index is 1.81. The highest BCUT2D eigenvalue weighted by Gasteiger charge is 2.18. The smallest absolute Gasteiger partial charge is 0.230 e. The predicted octanol–water partition coefficient (Wildman–Crippen LogP) is 0.790. The van der Waals surface area contributed by atoms with Gasteiger partial charge in [0.25, 0.3) is 0 Å². The molecule has 0 aromatic heterocycles. The van der Waals surface area contributed by atoms with E-state index in [2.05, 4.69) is 11.4 Å². The van der Waals surface area contributed by atoms with Crippen molar-refractivity contribution < 1.29 is 24.8 Å². The number of ketones is 1. The number of aliphatic carboxylic acids is 1. The molecule has 6 heteroatoms. The quantitative estimate of drug-likeness (QED) is 0.503. The van der Waals surface area contributed by atoms with Gasteiger partial charge >= 0.3 is 0 Å². The Labute approximate surface area is 153 Å². The largest absolute Gasteiger partial charge is 0.544 e. The number of Topliss-reactive ketones (excluding diaryl/α,β-unsaturated/α-hetero) is 1. The monoisotopic (exact) mass is 358 g/mol. The van der Waals surface area contributed by atoms with Gasteiger partial charge in [-0.25, -0.2) is 0 Å². The van der Waals surface area contributed by atoms with Crippen LogP contribution >= 0.6 is 0 Å². The topological polar surface area (TPSA) is 103 Å². The maximum absolute atomic E-state index is 12.1. The zero-order valence-electron chi connectivity index (χ0n) is 15.1. The molecule has 1 amide bonds. The van der Waals surface area contributed by atoms with E-state index < -0.39 is 12.0 Å². The first-order chi connectivity index (χ1) is 12.5. The van der Waals surface area contributed by atoms with Crippen molar-refractivity contribution in [2.24, 2.45) is 0 Å². The van der Waals surface area contributed by atoms with Crippen LogP contribution in [0.1, 0.15) is 55.8 Å². The number of carbonyl (C=O) groups excluding carboxylic acids is 3. The van der Waals surface area contributed by atoms with Crippen LogP contribution < -0.4 is 15.7 Å². The third-order valence-electron chi connectivity index (χ3n) is 4.58. The molecular formula is C20H26N2O4. The molecular weight excluding hydrogens is 332 g/mol. The van der Waals surface area contributed by atoms with E-state index in [0.717, 1.165) is 19.3 Å². The van der Waals surface area contributed by atoms with E-state index in [4.69, 9.17) is 0 Å². The molecule has 0 radical (unpaired) electrons. The average Bonchev–Trinajstić information content (AvgIpc) is 2.62. The highest BCUT2D eigenvalue weighted by atomic mass is 16.4. The van der Waals surface area contributed by atoms with Gasteiger partial charge in [0.1, 0.15) is 6.04 Å². The van der Waals surface area contributed by atoms with Gasteiger partial charge in [0.2, 0.25) is 5.91 Å². The fourth-order valence-electron chi connectivity index (χ4n) is 3.06. The minimum absolute atomic E-state index is 0.0532. The summed E-state index contributed by atoms with van der Waals surface area (Å²) in [5, 5.41) is 15.6. The molecule has 0 unspecified atom stereocenters. The van der Waals surface area contributed by atoms with Gasteiger partial charge in [-0.15, -0.1) is 0 Å². The summed E-state index contributed by atoms with van der Waals surface area (Å²) >= 11 is 0. The number of amides is 1. The number of allylic oxidation sites excluding steroid dienone is 1. The molecule has 1 aromatic carbocycles. The minimum Gasteiger partial charge on any atom is -0.544 e. The Morgan fingerprint density at radius 2 is 1.92 bits per heavy atom. The van der Waals surface area contributed by atoms with Crippen LogP contribution in [0.25, 0.3) is 0 Å². The molecule has 1 aliphatic rings. The van der Waals surface area contributed by atoms with Crippen LogP contribution in [0.5, 0.6) is 0 Å². The van der Waals surface area contributed by atoms with Crippen LogP contribution in [0.3, 0.4) is 0 Å². The number of anilines is 1. The second-order valence-electron chi connectivity index (χ2n) is 6.69. The lowest BCUT2D eigenvalue weighted by atomic mass is 9.97. The summed E-state index contributed by atoms with van der Waals surface area (Å²) in [6, 6.07) is 5.59. The van der Waals surface area contributed by atoms with E-state index in [1.165, 1.54) is 25.3 Å². The van der Waals surface area contributed by atoms with Gasteiger partial charge in [0.15, 0.2) is 5.78 Å². The molecule has 0 fully saturated rings. The van der Waals surface area contributed by atoms with Crippen LogP contribution in [0, 0.1) is 0 Å². The number of nitrogens with two attached hydrogens (primary N) is 1. The first-order valence-electron chi connectivity index (χ1n) is 9.08.